The van der Waals surface area contributed by atoms with Gasteiger partial charge in [-0.2, -0.15) is 0 Å². The number of methoxy groups -OCH3 is 1. The molecule has 0 aliphatic heterocycles. The van der Waals surface area contributed by atoms with Crippen molar-refractivity contribution in [1.82, 2.24) is 4.90 Å². The molecule has 0 aliphatic carbocycles. The Morgan fingerprint density at radius 2 is 2.18 bits per heavy atom. The molecule has 1 aromatic rings. The number of hydrogen-bond donors (Lipinski definition) is 1. The minimum Gasteiger partial charge on any atom is -0.399 e. The van der Waals surface area contributed by atoms with Gasteiger partial charge >= 0.3 is 0 Å². The van der Waals surface area contributed by atoms with E-state index in [0.29, 0.717) is 0 Å². The molecule has 0 spiro atoms. The van der Waals surface area contributed by atoms with E-state index in [1.807, 2.05) is 18.2 Å². The number of anilines is 1. The number of nitrogens with zero attached hydrogens (tertiary/aromatic N) is 1. The fourth-order valence-corrected chi connectivity index (χ4v) is 1.94. The lowest BCUT2D eigenvalue weighted by Crippen LogP contribution is -2.32. The minimum atomic E-state index is 0.266. The number of hydrogen-bond acceptors (Lipinski definition) is 3. The van der Waals surface area contributed by atoms with Crippen LogP contribution in [0.25, 0.3) is 0 Å². The first kappa shape index (κ1) is 14.0. The van der Waals surface area contributed by atoms with Gasteiger partial charge in [0.2, 0.25) is 0 Å². The second-order valence-corrected chi connectivity index (χ2v) is 4.53. The van der Waals surface area contributed by atoms with Crippen LogP contribution in [0.1, 0.15) is 25.8 Å². The lowest BCUT2D eigenvalue weighted by Gasteiger charge is -2.24. The van der Waals surface area contributed by atoms with Gasteiger partial charge in [-0.1, -0.05) is 19.1 Å². The lowest BCUT2D eigenvalue weighted by molar-refractivity contribution is 0.0743. The van der Waals surface area contributed by atoms with Crippen LogP contribution in [0.4, 0.5) is 5.69 Å². The Kier molecular flexibility index (Phi) is 6.01. The highest BCUT2D eigenvalue weighted by atomic mass is 16.5. The molecule has 1 atom stereocenters. The van der Waals surface area contributed by atoms with Gasteiger partial charge in [-0.3, -0.25) is 4.90 Å². The molecule has 2 N–H and O–H groups in total. The maximum atomic E-state index is 5.79. The first-order chi connectivity index (χ1) is 8.15. The van der Waals surface area contributed by atoms with Crippen LogP contribution in [0.15, 0.2) is 24.3 Å². The Morgan fingerprint density at radius 3 is 2.76 bits per heavy atom. The average molecular weight is 236 g/mol. The second kappa shape index (κ2) is 7.30. The van der Waals surface area contributed by atoms with Gasteiger partial charge in [0.05, 0.1) is 6.10 Å². The molecule has 96 valence electrons. The van der Waals surface area contributed by atoms with Gasteiger partial charge in [0.25, 0.3) is 0 Å². The van der Waals surface area contributed by atoms with Gasteiger partial charge in [-0.15, -0.1) is 0 Å². The normalized spacial score (nSPS) is 12.9. The average Bonchev–Trinajstić information content (AvgIpc) is 2.29. The first-order valence-corrected chi connectivity index (χ1v) is 6.25. The molecule has 0 aromatic heterocycles. The quantitative estimate of drug-likeness (QED) is 0.739. The first-order valence-electron chi connectivity index (χ1n) is 6.25. The van der Waals surface area contributed by atoms with Crippen LogP contribution in [-0.2, 0) is 11.3 Å². The summed E-state index contributed by atoms with van der Waals surface area (Å²) in [4.78, 5) is 2.41. The number of ether oxygens (including phenoxy) is 1. The van der Waals surface area contributed by atoms with Crippen molar-refractivity contribution in [1.29, 1.82) is 0 Å². The van der Waals surface area contributed by atoms with Crippen molar-refractivity contribution in [3.05, 3.63) is 29.8 Å². The van der Waals surface area contributed by atoms with E-state index in [4.69, 9.17) is 10.5 Å². The van der Waals surface area contributed by atoms with Crippen LogP contribution in [0.3, 0.4) is 0 Å². The van der Waals surface area contributed by atoms with Crippen molar-refractivity contribution in [2.45, 2.75) is 32.9 Å². The van der Waals surface area contributed by atoms with E-state index in [2.05, 4.69) is 24.8 Å². The minimum absolute atomic E-state index is 0.266. The van der Waals surface area contributed by atoms with Gasteiger partial charge in [0.1, 0.15) is 0 Å². The van der Waals surface area contributed by atoms with Crippen molar-refractivity contribution in [2.24, 2.45) is 0 Å². The van der Waals surface area contributed by atoms with Crippen LogP contribution >= 0.6 is 0 Å². The monoisotopic (exact) mass is 236 g/mol. The smallest absolute Gasteiger partial charge is 0.0670 e. The van der Waals surface area contributed by atoms with E-state index >= 15 is 0 Å². The summed E-state index contributed by atoms with van der Waals surface area (Å²) in [6.07, 6.45) is 1.42. The molecule has 0 radical (unpaired) electrons. The van der Waals surface area contributed by atoms with Crippen molar-refractivity contribution in [3.8, 4) is 0 Å². The molecular formula is C14H24N2O. The molecule has 0 bridgehead atoms. The summed E-state index contributed by atoms with van der Waals surface area (Å²) in [7, 11) is 1.76. The molecule has 0 aliphatic rings. The fourth-order valence-electron chi connectivity index (χ4n) is 1.94. The Balaban J connectivity index is 2.59. The van der Waals surface area contributed by atoms with Crippen molar-refractivity contribution in [3.63, 3.8) is 0 Å². The molecule has 1 aromatic carbocycles. The Morgan fingerprint density at radius 1 is 1.41 bits per heavy atom. The molecule has 1 unspecified atom stereocenters. The maximum absolute atomic E-state index is 5.79. The molecule has 3 heteroatoms. The predicted octanol–water partition coefficient (Wildman–Crippen LogP) is 2.52. The standard InChI is InChI=1S/C14H24N2O/c1-4-8-16(10-12(2)17-3)11-13-6-5-7-14(15)9-13/h5-7,9,12H,4,8,10-11,15H2,1-3H3. The third kappa shape index (κ3) is 5.20. The number of rotatable bonds is 7. The van der Waals surface area contributed by atoms with Crippen LogP contribution in [0.2, 0.25) is 0 Å². The zero-order valence-corrected chi connectivity index (χ0v) is 11.1. The zero-order chi connectivity index (χ0) is 12.7. The Bertz CT molecular complexity index is 328. The summed E-state index contributed by atoms with van der Waals surface area (Å²) >= 11 is 0. The van der Waals surface area contributed by atoms with E-state index in [0.717, 1.165) is 31.7 Å². The molecule has 17 heavy (non-hydrogen) atoms. The summed E-state index contributed by atoms with van der Waals surface area (Å²) < 4.78 is 5.32. The fraction of sp³-hybridized carbons (Fsp3) is 0.571. The Labute approximate surface area is 105 Å². The van der Waals surface area contributed by atoms with Crippen LogP contribution in [0, 0.1) is 0 Å². The SMILES string of the molecule is CCCN(Cc1cccc(N)c1)CC(C)OC. The molecule has 0 heterocycles. The molecule has 0 amide bonds. The number of benzene rings is 1. The second-order valence-electron chi connectivity index (χ2n) is 4.53. The van der Waals surface area contributed by atoms with Crippen LogP contribution < -0.4 is 5.73 Å². The van der Waals surface area contributed by atoms with Crippen molar-refractivity contribution in [2.75, 3.05) is 25.9 Å². The third-order valence-corrected chi connectivity index (χ3v) is 2.81. The van der Waals surface area contributed by atoms with Crippen LogP contribution in [-0.4, -0.2) is 31.2 Å². The molecular weight excluding hydrogens is 212 g/mol. The van der Waals surface area contributed by atoms with Gasteiger partial charge < -0.3 is 10.5 Å². The zero-order valence-electron chi connectivity index (χ0n) is 11.1. The summed E-state index contributed by atoms with van der Waals surface area (Å²) in [6, 6.07) is 8.09. The summed E-state index contributed by atoms with van der Waals surface area (Å²) in [5.74, 6) is 0. The topological polar surface area (TPSA) is 38.5 Å². The van der Waals surface area contributed by atoms with Gasteiger partial charge in [-0.25, -0.2) is 0 Å². The Hall–Kier alpha value is -1.06. The van der Waals surface area contributed by atoms with Crippen LogP contribution in [0.5, 0.6) is 0 Å². The predicted molar refractivity (Wildman–Crippen MR) is 72.9 cm³/mol. The van der Waals surface area contributed by atoms with Gasteiger partial charge in [0.15, 0.2) is 0 Å². The van der Waals surface area contributed by atoms with E-state index in [9.17, 15) is 0 Å². The van der Waals surface area contributed by atoms with Crippen molar-refractivity contribution >= 4 is 5.69 Å². The summed E-state index contributed by atoms with van der Waals surface area (Å²) in [5.41, 5.74) is 7.89. The molecule has 3 nitrogen and oxygen atoms in total. The highest BCUT2D eigenvalue weighted by Crippen LogP contribution is 2.10. The molecule has 0 saturated carbocycles. The highest BCUT2D eigenvalue weighted by molar-refractivity contribution is 5.40. The highest BCUT2D eigenvalue weighted by Gasteiger charge is 2.09. The summed E-state index contributed by atoms with van der Waals surface area (Å²) in [5, 5.41) is 0. The van der Waals surface area contributed by atoms with Gasteiger partial charge in [0, 0.05) is 25.9 Å². The van der Waals surface area contributed by atoms with Gasteiger partial charge in [-0.05, 0) is 37.6 Å². The maximum Gasteiger partial charge on any atom is 0.0670 e. The molecule has 1 rings (SSSR count). The lowest BCUT2D eigenvalue weighted by atomic mass is 10.2. The summed E-state index contributed by atoms with van der Waals surface area (Å²) in [6.45, 7) is 7.28. The van der Waals surface area contributed by atoms with E-state index in [1.54, 1.807) is 7.11 Å². The molecule has 0 fully saturated rings. The van der Waals surface area contributed by atoms with Crippen molar-refractivity contribution < 1.29 is 4.74 Å². The third-order valence-electron chi connectivity index (χ3n) is 2.81. The van der Waals surface area contributed by atoms with E-state index < -0.39 is 0 Å². The van der Waals surface area contributed by atoms with E-state index in [-0.39, 0.29) is 6.10 Å². The van der Waals surface area contributed by atoms with E-state index in [1.165, 1.54) is 5.56 Å². The number of nitrogens with two attached hydrogens (primary N) is 1. The number of nitrogen functional groups attached to an aromatic ring is 1. The largest absolute Gasteiger partial charge is 0.399 e. The molecule has 0 saturated heterocycles.